The fraction of sp³-hybridized carbons (Fsp3) is 0.688. The number of nitrogens with one attached hydrogen (secondary N) is 1. The Morgan fingerprint density at radius 2 is 2.05 bits per heavy atom. The zero-order valence-electron chi connectivity index (χ0n) is 13.1. The van der Waals surface area contributed by atoms with Gasteiger partial charge in [0, 0.05) is 12.2 Å². The molecule has 108 valence electrons. The molecule has 0 fully saturated rings. The van der Waals surface area contributed by atoms with Crippen molar-refractivity contribution >= 4 is 5.82 Å². The first-order valence-corrected chi connectivity index (χ1v) is 7.29. The summed E-state index contributed by atoms with van der Waals surface area (Å²) in [6, 6.07) is 2.54. The molecular weight excluding hydrogens is 234 g/mol. The molecule has 0 aromatic carbocycles. The molecule has 19 heavy (non-hydrogen) atoms. The number of aryl methyl sites for hydroxylation is 1. The SMILES string of the molecule is CCCNC(CCc1c(C)ccnc1N)C(C)(C)C. The third-order valence-corrected chi connectivity index (χ3v) is 3.69. The number of aromatic nitrogens is 1. The van der Waals surface area contributed by atoms with Gasteiger partial charge in [-0.2, -0.15) is 0 Å². The molecule has 0 amide bonds. The van der Waals surface area contributed by atoms with E-state index in [0.717, 1.165) is 19.4 Å². The van der Waals surface area contributed by atoms with E-state index in [0.29, 0.717) is 11.9 Å². The van der Waals surface area contributed by atoms with Crippen molar-refractivity contribution in [2.45, 2.75) is 59.9 Å². The quantitative estimate of drug-likeness (QED) is 0.828. The lowest BCUT2D eigenvalue weighted by atomic mass is 9.83. The predicted octanol–water partition coefficient (Wildman–Crippen LogP) is 3.32. The van der Waals surface area contributed by atoms with E-state index in [1.807, 2.05) is 6.07 Å². The van der Waals surface area contributed by atoms with Crippen LogP contribution < -0.4 is 11.1 Å². The molecule has 0 spiro atoms. The molecular formula is C16H29N3. The number of pyridine rings is 1. The molecule has 1 atom stereocenters. The molecule has 3 nitrogen and oxygen atoms in total. The summed E-state index contributed by atoms with van der Waals surface area (Å²) in [6.45, 7) is 12.3. The molecule has 0 saturated carbocycles. The van der Waals surface area contributed by atoms with Gasteiger partial charge in [0.1, 0.15) is 5.82 Å². The Morgan fingerprint density at radius 1 is 1.37 bits per heavy atom. The van der Waals surface area contributed by atoms with Crippen LogP contribution in [0.4, 0.5) is 5.82 Å². The fourth-order valence-electron chi connectivity index (χ4n) is 2.38. The van der Waals surface area contributed by atoms with Crippen molar-refractivity contribution in [3.05, 3.63) is 23.4 Å². The van der Waals surface area contributed by atoms with E-state index in [-0.39, 0.29) is 5.41 Å². The fourth-order valence-corrected chi connectivity index (χ4v) is 2.38. The second-order valence-electron chi connectivity index (χ2n) is 6.40. The Balaban J connectivity index is 2.71. The van der Waals surface area contributed by atoms with Gasteiger partial charge in [-0.25, -0.2) is 4.98 Å². The highest BCUT2D eigenvalue weighted by molar-refractivity contribution is 5.43. The standard InChI is InChI=1S/C16H29N3/c1-6-10-18-14(16(3,4)5)8-7-13-12(2)9-11-19-15(13)17/h9,11,14,18H,6-8,10H2,1-5H3,(H2,17,19). The third-order valence-electron chi connectivity index (χ3n) is 3.69. The summed E-state index contributed by atoms with van der Waals surface area (Å²) in [5.41, 5.74) is 8.70. The van der Waals surface area contributed by atoms with Crippen LogP contribution in [0.2, 0.25) is 0 Å². The Labute approximate surface area is 118 Å². The molecule has 0 aliphatic carbocycles. The Kier molecular flexibility index (Phi) is 5.80. The van der Waals surface area contributed by atoms with Gasteiger partial charge in [0.15, 0.2) is 0 Å². The lowest BCUT2D eigenvalue weighted by Crippen LogP contribution is -2.41. The van der Waals surface area contributed by atoms with Crippen molar-refractivity contribution in [3.63, 3.8) is 0 Å². The maximum Gasteiger partial charge on any atom is 0.126 e. The van der Waals surface area contributed by atoms with Crippen LogP contribution in [0.15, 0.2) is 12.3 Å². The number of rotatable bonds is 6. The maximum absolute atomic E-state index is 5.99. The van der Waals surface area contributed by atoms with Gasteiger partial charge < -0.3 is 11.1 Å². The van der Waals surface area contributed by atoms with Crippen molar-refractivity contribution in [2.75, 3.05) is 12.3 Å². The molecule has 1 aromatic rings. The van der Waals surface area contributed by atoms with Crippen LogP contribution in [0.1, 0.15) is 51.7 Å². The Morgan fingerprint density at radius 3 is 2.58 bits per heavy atom. The summed E-state index contributed by atoms with van der Waals surface area (Å²) >= 11 is 0. The van der Waals surface area contributed by atoms with Crippen LogP contribution in [0.25, 0.3) is 0 Å². The van der Waals surface area contributed by atoms with Gasteiger partial charge >= 0.3 is 0 Å². The summed E-state index contributed by atoms with van der Waals surface area (Å²) in [5, 5.41) is 3.66. The predicted molar refractivity (Wildman–Crippen MR) is 83.2 cm³/mol. The average Bonchev–Trinajstić information content (AvgIpc) is 2.30. The summed E-state index contributed by atoms with van der Waals surface area (Å²) in [4.78, 5) is 4.20. The summed E-state index contributed by atoms with van der Waals surface area (Å²) in [7, 11) is 0. The molecule has 3 N–H and O–H groups in total. The Bertz CT molecular complexity index is 373. The van der Waals surface area contributed by atoms with E-state index in [1.165, 1.54) is 17.5 Å². The van der Waals surface area contributed by atoms with Gasteiger partial charge in [-0.3, -0.25) is 0 Å². The zero-order valence-corrected chi connectivity index (χ0v) is 13.1. The largest absolute Gasteiger partial charge is 0.383 e. The van der Waals surface area contributed by atoms with Gasteiger partial charge in [-0.15, -0.1) is 0 Å². The van der Waals surface area contributed by atoms with Gasteiger partial charge in [-0.05, 0) is 55.3 Å². The van der Waals surface area contributed by atoms with Crippen molar-refractivity contribution in [2.24, 2.45) is 5.41 Å². The molecule has 0 radical (unpaired) electrons. The van der Waals surface area contributed by atoms with Crippen LogP contribution in [-0.4, -0.2) is 17.6 Å². The normalized spacial score (nSPS) is 13.5. The lowest BCUT2D eigenvalue weighted by molar-refractivity contribution is 0.255. The highest BCUT2D eigenvalue weighted by Crippen LogP contribution is 2.25. The number of anilines is 1. The van der Waals surface area contributed by atoms with Crippen LogP contribution in [0.5, 0.6) is 0 Å². The number of nitrogens with two attached hydrogens (primary N) is 1. The van der Waals surface area contributed by atoms with Crippen LogP contribution in [-0.2, 0) is 6.42 Å². The van der Waals surface area contributed by atoms with E-state index in [4.69, 9.17) is 5.73 Å². The lowest BCUT2D eigenvalue weighted by Gasteiger charge is -2.32. The summed E-state index contributed by atoms with van der Waals surface area (Å²) in [5.74, 6) is 0.683. The summed E-state index contributed by atoms with van der Waals surface area (Å²) < 4.78 is 0. The molecule has 3 heteroatoms. The second kappa shape index (κ2) is 6.90. The molecule has 1 aromatic heterocycles. The van der Waals surface area contributed by atoms with Crippen molar-refractivity contribution < 1.29 is 0 Å². The van der Waals surface area contributed by atoms with Crippen molar-refractivity contribution in [1.82, 2.24) is 10.3 Å². The number of nitrogen functional groups attached to an aromatic ring is 1. The maximum atomic E-state index is 5.99. The van der Waals surface area contributed by atoms with Crippen LogP contribution in [0.3, 0.4) is 0 Å². The Hall–Kier alpha value is -1.09. The third kappa shape index (κ3) is 4.83. The minimum Gasteiger partial charge on any atom is -0.383 e. The van der Waals surface area contributed by atoms with Gasteiger partial charge in [0.25, 0.3) is 0 Å². The number of hydrogen-bond donors (Lipinski definition) is 2. The van der Waals surface area contributed by atoms with E-state index < -0.39 is 0 Å². The van der Waals surface area contributed by atoms with Gasteiger partial charge in [0.05, 0.1) is 0 Å². The van der Waals surface area contributed by atoms with Crippen molar-refractivity contribution in [1.29, 1.82) is 0 Å². The molecule has 1 rings (SSSR count). The van der Waals surface area contributed by atoms with Gasteiger partial charge in [0.2, 0.25) is 0 Å². The average molecular weight is 263 g/mol. The number of nitrogens with zero attached hydrogens (tertiary/aromatic N) is 1. The van der Waals surface area contributed by atoms with E-state index in [1.54, 1.807) is 6.20 Å². The van der Waals surface area contributed by atoms with E-state index in [9.17, 15) is 0 Å². The highest BCUT2D eigenvalue weighted by Gasteiger charge is 2.24. The first-order valence-electron chi connectivity index (χ1n) is 7.29. The van der Waals surface area contributed by atoms with Gasteiger partial charge in [-0.1, -0.05) is 27.7 Å². The molecule has 1 heterocycles. The topological polar surface area (TPSA) is 50.9 Å². The second-order valence-corrected chi connectivity index (χ2v) is 6.40. The highest BCUT2D eigenvalue weighted by atomic mass is 14.9. The summed E-state index contributed by atoms with van der Waals surface area (Å²) in [6.07, 6.45) is 5.04. The first kappa shape index (κ1) is 16.0. The molecule has 0 bridgehead atoms. The van der Waals surface area contributed by atoms with E-state index in [2.05, 4.69) is 44.9 Å². The molecule has 0 aliphatic heterocycles. The smallest absolute Gasteiger partial charge is 0.126 e. The van der Waals surface area contributed by atoms with E-state index >= 15 is 0 Å². The van der Waals surface area contributed by atoms with Crippen LogP contribution >= 0.6 is 0 Å². The first-order chi connectivity index (χ1) is 8.86. The molecule has 1 unspecified atom stereocenters. The minimum absolute atomic E-state index is 0.264. The zero-order chi connectivity index (χ0) is 14.5. The minimum atomic E-state index is 0.264. The monoisotopic (exact) mass is 263 g/mol. The van der Waals surface area contributed by atoms with Crippen molar-refractivity contribution in [3.8, 4) is 0 Å². The molecule has 0 saturated heterocycles. The molecule has 0 aliphatic rings. The van der Waals surface area contributed by atoms with Crippen LogP contribution in [0, 0.1) is 12.3 Å². The number of hydrogen-bond acceptors (Lipinski definition) is 3.